The van der Waals surface area contributed by atoms with Crippen LogP contribution in [0.4, 0.5) is 11.4 Å². The van der Waals surface area contributed by atoms with Gasteiger partial charge in [0.15, 0.2) is 5.69 Å². The van der Waals surface area contributed by atoms with E-state index in [0.717, 1.165) is 0 Å². The maximum atomic E-state index is 13.2. The van der Waals surface area contributed by atoms with E-state index in [4.69, 9.17) is 9.84 Å². The summed E-state index contributed by atoms with van der Waals surface area (Å²) in [6.07, 6.45) is 0. The molecule has 3 aromatic carbocycles. The van der Waals surface area contributed by atoms with Gasteiger partial charge in [0.1, 0.15) is 5.75 Å². The van der Waals surface area contributed by atoms with Gasteiger partial charge in [0, 0.05) is 5.56 Å². The summed E-state index contributed by atoms with van der Waals surface area (Å²) in [5, 5.41) is 20.5. The van der Waals surface area contributed by atoms with E-state index in [1.807, 2.05) is 36.4 Å². The molecule has 154 valence electrons. The number of azo groups is 1. The molecule has 1 aromatic heterocycles. The maximum absolute atomic E-state index is 13.2. The molecule has 0 aliphatic rings. The maximum Gasteiger partial charge on any atom is 0.335 e. The standard InChI is InChI=1S/C23H18N4O4/c1-31-19-10-6-5-9-18(19)20-21(22(28)27(26-20)17-7-3-2-4-8-17)25-24-16-13-11-15(12-14-16)23(29)30/h2-14,26H,1H3,(H,29,30). The summed E-state index contributed by atoms with van der Waals surface area (Å²) in [5.74, 6) is -0.454. The van der Waals surface area contributed by atoms with Crippen LogP contribution in [-0.4, -0.2) is 28.0 Å². The van der Waals surface area contributed by atoms with Gasteiger partial charge in [-0.1, -0.05) is 30.3 Å². The molecular formula is C23H18N4O4. The van der Waals surface area contributed by atoms with Gasteiger partial charge in [-0.05, 0) is 48.5 Å². The molecule has 2 N–H and O–H groups in total. The highest BCUT2D eigenvalue weighted by Gasteiger charge is 2.19. The van der Waals surface area contributed by atoms with Crippen LogP contribution in [0.2, 0.25) is 0 Å². The molecule has 0 spiro atoms. The number of ether oxygens (including phenoxy) is 1. The quantitative estimate of drug-likeness (QED) is 0.435. The second kappa shape index (κ2) is 8.50. The Bertz CT molecular complexity index is 1310. The number of nitrogens with one attached hydrogen (secondary N) is 1. The first-order valence-electron chi connectivity index (χ1n) is 9.37. The molecule has 0 fully saturated rings. The Morgan fingerprint density at radius 2 is 1.61 bits per heavy atom. The first-order valence-corrected chi connectivity index (χ1v) is 9.37. The van der Waals surface area contributed by atoms with Crippen LogP contribution in [0.3, 0.4) is 0 Å². The second-order valence-corrected chi connectivity index (χ2v) is 6.56. The van der Waals surface area contributed by atoms with Crippen LogP contribution in [0.1, 0.15) is 10.4 Å². The summed E-state index contributed by atoms with van der Waals surface area (Å²) >= 11 is 0. The third-order valence-corrected chi connectivity index (χ3v) is 4.64. The summed E-state index contributed by atoms with van der Waals surface area (Å²) in [4.78, 5) is 24.2. The van der Waals surface area contributed by atoms with Gasteiger partial charge in [0.2, 0.25) is 0 Å². The molecule has 0 amide bonds. The van der Waals surface area contributed by atoms with Gasteiger partial charge in [-0.25, -0.2) is 9.48 Å². The third-order valence-electron chi connectivity index (χ3n) is 4.64. The number of H-pyrrole nitrogens is 1. The van der Waals surface area contributed by atoms with Crippen molar-refractivity contribution in [3.05, 3.63) is 94.8 Å². The predicted molar refractivity (Wildman–Crippen MR) is 116 cm³/mol. The van der Waals surface area contributed by atoms with Crippen LogP contribution >= 0.6 is 0 Å². The number of hydrogen-bond acceptors (Lipinski definition) is 5. The average Bonchev–Trinajstić information content (AvgIpc) is 3.14. The molecule has 0 bridgehead atoms. The number of carbonyl (C=O) groups is 1. The number of aromatic amines is 1. The molecule has 0 aliphatic carbocycles. The van der Waals surface area contributed by atoms with E-state index in [2.05, 4.69) is 15.3 Å². The smallest absolute Gasteiger partial charge is 0.335 e. The minimum Gasteiger partial charge on any atom is -0.496 e. The van der Waals surface area contributed by atoms with Crippen LogP contribution < -0.4 is 10.3 Å². The van der Waals surface area contributed by atoms with Crippen LogP contribution in [-0.2, 0) is 0 Å². The number of carboxylic acids is 1. The monoisotopic (exact) mass is 414 g/mol. The fourth-order valence-corrected chi connectivity index (χ4v) is 3.10. The molecule has 4 aromatic rings. The van der Waals surface area contributed by atoms with Crippen molar-refractivity contribution < 1.29 is 14.6 Å². The summed E-state index contributed by atoms with van der Waals surface area (Å²) in [7, 11) is 1.55. The molecular weight excluding hydrogens is 396 g/mol. The van der Waals surface area contributed by atoms with Gasteiger partial charge in [0.25, 0.3) is 5.56 Å². The number of hydrogen-bond donors (Lipinski definition) is 2. The Labute approximate surface area is 177 Å². The summed E-state index contributed by atoms with van der Waals surface area (Å²) in [5.41, 5.74) is 2.05. The number of carboxylic acid groups (broad SMARTS) is 1. The van der Waals surface area contributed by atoms with E-state index in [0.29, 0.717) is 28.4 Å². The summed E-state index contributed by atoms with van der Waals surface area (Å²) in [6, 6.07) is 22.3. The van der Waals surface area contributed by atoms with Crippen molar-refractivity contribution in [3.63, 3.8) is 0 Å². The highest BCUT2D eigenvalue weighted by molar-refractivity contribution is 5.87. The van der Waals surface area contributed by atoms with Gasteiger partial charge in [-0.2, -0.15) is 5.11 Å². The van der Waals surface area contributed by atoms with E-state index in [1.165, 1.54) is 28.9 Å². The molecule has 0 aliphatic heterocycles. The van der Waals surface area contributed by atoms with E-state index >= 15 is 0 Å². The SMILES string of the molecule is COc1ccccc1-c1[nH]n(-c2ccccc2)c(=O)c1N=Nc1ccc(C(=O)O)cc1. The van der Waals surface area contributed by atoms with Crippen LogP contribution in [0, 0.1) is 0 Å². The van der Waals surface area contributed by atoms with Gasteiger partial charge in [0.05, 0.1) is 29.7 Å². The number of aromatic carboxylic acids is 1. The average molecular weight is 414 g/mol. The van der Waals surface area contributed by atoms with Crippen LogP contribution in [0.25, 0.3) is 16.9 Å². The Kier molecular flexibility index (Phi) is 5.44. The van der Waals surface area contributed by atoms with E-state index in [-0.39, 0.29) is 16.8 Å². The van der Waals surface area contributed by atoms with E-state index in [9.17, 15) is 9.59 Å². The molecule has 0 saturated carbocycles. The van der Waals surface area contributed by atoms with E-state index < -0.39 is 5.97 Å². The van der Waals surface area contributed by atoms with Crippen LogP contribution in [0.15, 0.2) is 93.9 Å². The van der Waals surface area contributed by atoms with Crippen molar-refractivity contribution in [2.24, 2.45) is 10.2 Å². The first kappa shape index (κ1) is 19.8. The minimum atomic E-state index is -1.03. The molecule has 8 nitrogen and oxygen atoms in total. The first-order chi connectivity index (χ1) is 15.1. The molecule has 0 radical (unpaired) electrons. The Hall–Kier alpha value is -4.46. The number of methoxy groups -OCH3 is 1. The predicted octanol–water partition coefficient (Wildman–Crippen LogP) is 4.95. The second-order valence-electron chi connectivity index (χ2n) is 6.56. The van der Waals surface area contributed by atoms with Gasteiger partial charge in [-0.3, -0.25) is 9.89 Å². The molecule has 0 atom stereocenters. The van der Waals surface area contributed by atoms with Crippen molar-refractivity contribution >= 4 is 17.3 Å². The lowest BCUT2D eigenvalue weighted by Crippen LogP contribution is -2.13. The molecule has 0 unspecified atom stereocenters. The molecule has 4 rings (SSSR count). The molecule has 31 heavy (non-hydrogen) atoms. The zero-order valence-corrected chi connectivity index (χ0v) is 16.5. The normalized spacial score (nSPS) is 11.0. The van der Waals surface area contributed by atoms with Crippen molar-refractivity contribution in [2.75, 3.05) is 7.11 Å². The zero-order valence-electron chi connectivity index (χ0n) is 16.5. The Balaban J connectivity index is 1.84. The van der Waals surface area contributed by atoms with Crippen molar-refractivity contribution in [2.45, 2.75) is 0 Å². The lowest BCUT2D eigenvalue weighted by Gasteiger charge is -2.07. The summed E-state index contributed by atoms with van der Waals surface area (Å²) in [6.45, 7) is 0. The fourth-order valence-electron chi connectivity index (χ4n) is 3.10. The number of rotatable bonds is 6. The molecule has 8 heteroatoms. The lowest BCUT2D eigenvalue weighted by molar-refractivity contribution is 0.0697. The van der Waals surface area contributed by atoms with Gasteiger partial charge >= 0.3 is 5.97 Å². The Morgan fingerprint density at radius 3 is 2.29 bits per heavy atom. The third kappa shape index (κ3) is 3.99. The van der Waals surface area contributed by atoms with Crippen LogP contribution in [0.5, 0.6) is 5.75 Å². The van der Waals surface area contributed by atoms with Crippen molar-refractivity contribution in [1.82, 2.24) is 9.78 Å². The number of nitrogens with zero attached hydrogens (tertiary/aromatic N) is 3. The summed E-state index contributed by atoms with van der Waals surface area (Å²) < 4.78 is 6.84. The van der Waals surface area contributed by atoms with Gasteiger partial charge in [-0.15, -0.1) is 5.11 Å². The van der Waals surface area contributed by atoms with Gasteiger partial charge < -0.3 is 9.84 Å². The minimum absolute atomic E-state index is 0.107. The highest BCUT2D eigenvalue weighted by atomic mass is 16.5. The molecule has 0 saturated heterocycles. The van der Waals surface area contributed by atoms with E-state index in [1.54, 1.807) is 25.3 Å². The topological polar surface area (TPSA) is 109 Å². The fraction of sp³-hybridized carbons (Fsp3) is 0.0435. The van der Waals surface area contributed by atoms with Crippen molar-refractivity contribution in [3.8, 4) is 22.7 Å². The zero-order chi connectivity index (χ0) is 21.8. The number of benzene rings is 3. The molecule has 1 heterocycles. The van der Waals surface area contributed by atoms with Crippen molar-refractivity contribution in [1.29, 1.82) is 0 Å². The highest BCUT2D eigenvalue weighted by Crippen LogP contribution is 2.34. The lowest BCUT2D eigenvalue weighted by atomic mass is 10.1. The number of aromatic nitrogens is 2. The Morgan fingerprint density at radius 1 is 0.935 bits per heavy atom. The largest absolute Gasteiger partial charge is 0.496 e. The number of para-hydroxylation sites is 2.